The van der Waals surface area contributed by atoms with Crippen molar-refractivity contribution in [2.75, 3.05) is 0 Å². The first-order valence-corrected chi connectivity index (χ1v) is 6.05. The first-order chi connectivity index (χ1) is 9.28. The highest BCUT2D eigenvalue weighted by Gasteiger charge is 2.08. The molecule has 0 saturated heterocycles. The second-order valence-electron chi connectivity index (χ2n) is 4.07. The number of nitrogens with zero attached hydrogens (tertiary/aromatic N) is 3. The smallest absolute Gasteiger partial charge is 0.151 e. The molecule has 0 radical (unpaired) electrons. The minimum absolute atomic E-state index is 0.0323. The van der Waals surface area contributed by atoms with Gasteiger partial charge in [-0.05, 0) is 30.7 Å². The zero-order chi connectivity index (χ0) is 13.7. The summed E-state index contributed by atoms with van der Waals surface area (Å²) in [6.07, 6.45) is 4.49. The van der Waals surface area contributed by atoms with E-state index in [-0.39, 0.29) is 5.57 Å². The number of furan rings is 1. The Labute approximate surface area is 111 Å². The van der Waals surface area contributed by atoms with Crippen molar-refractivity contribution in [2.45, 2.75) is 19.9 Å². The number of allylic oxidation sites excluding steroid dienone is 1. The molecule has 0 atom stereocenters. The van der Waals surface area contributed by atoms with Crippen LogP contribution < -0.4 is 0 Å². The molecule has 0 unspecified atom stereocenters. The summed E-state index contributed by atoms with van der Waals surface area (Å²) in [5.74, 6) is 1.25. The second kappa shape index (κ2) is 5.75. The van der Waals surface area contributed by atoms with Crippen molar-refractivity contribution < 1.29 is 4.42 Å². The Morgan fingerprint density at radius 2 is 2.11 bits per heavy atom. The van der Waals surface area contributed by atoms with Crippen molar-refractivity contribution in [3.05, 3.63) is 41.8 Å². The average Bonchev–Trinajstić information content (AvgIpc) is 3.05. The van der Waals surface area contributed by atoms with E-state index in [0.29, 0.717) is 5.76 Å². The van der Waals surface area contributed by atoms with Crippen molar-refractivity contribution in [3.8, 4) is 23.6 Å². The van der Waals surface area contributed by atoms with Crippen LogP contribution in [0.3, 0.4) is 0 Å². The van der Waals surface area contributed by atoms with E-state index >= 15 is 0 Å². The van der Waals surface area contributed by atoms with Gasteiger partial charge in [-0.25, -0.2) is 0 Å². The van der Waals surface area contributed by atoms with Crippen LogP contribution in [-0.4, -0.2) is 4.57 Å². The predicted molar refractivity (Wildman–Crippen MR) is 71.6 cm³/mol. The molecule has 0 aromatic carbocycles. The normalized spacial score (nSPS) is 9.63. The number of hydrogen-bond acceptors (Lipinski definition) is 3. The Balaban J connectivity index is 2.32. The van der Waals surface area contributed by atoms with E-state index in [9.17, 15) is 0 Å². The lowest BCUT2D eigenvalue weighted by molar-refractivity contribution is 0.560. The van der Waals surface area contributed by atoms with Crippen molar-refractivity contribution in [1.82, 2.24) is 4.57 Å². The van der Waals surface area contributed by atoms with Gasteiger partial charge in [0.25, 0.3) is 0 Å². The molecule has 0 fully saturated rings. The van der Waals surface area contributed by atoms with Gasteiger partial charge in [0.1, 0.15) is 23.5 Å². The topological polar surface area (TPSA) is 65.7 Å². The minimum Gasteiger partial charge on any atom is -0.455 e. The maximum Gasteiger partial charge on any atom is 0.151 e. The van der Waals surface area contributed by atoms with E-state index in [1.54, 1.807) is 6.07 Å². The van der Waals surface area contributed by atoms with Gasteiger partial charge in [-0.2, -0.15) is 10.5 Å². The van der Waals surface area contributed by atoms with Gasteiger partial charge in [-0.1, -0.05) is 6.92 Å². The van der Waals surface area contributed by atoms with Gasteiger partial charge >= 0.3 is 0 Å². The number of nitriles is 2. The standard InChI is InChI=1S/C15H13N3O/c1-2-7-18-8-3-4-14(18)15-6-5-13(19-15)9-12(10-16)11-17/h3-6,8-9H,2,7H2,1H3. The summed E-state index contributed by atoms with van der Waals surface area (Å²) >= 11 is 0. The van der Waals surface area contributed by atoms with Crippen LogP contribution in [-0.2, 0) is 6.54 Å². The maximum atomic E-state index is 8.71. The molecule has 0 amide bonds. The quantitative estimate of drug-likeness (QED) is 0.780. The fraction of sp³-hybridized carbons (Fsp3) is 0.200. The van der Waals surface area contributed by atoms with E-state index in [2.05, 4.69) is 11.5 Å². The predicted octanol–water partition coefficient (Wildman–Crippen LogP) is 3.59. The third-order valence-electron chi connectivity index (χ3n) is 2.70. The molecule has 19 heavy (non-hydrogen) atoms. The highest BCUT2D eigenvalue weighted by molar-refractivity contribution is 5.62. The lowest BCUT2D eigenvalue weighted by atomic mass is 10.2. The molecular formula is C15H13N3O. The number of aryl methyl sites for hydroxylation is 1. The molecule has 4 nitrogen and oxygen atoms in total. The molecule has 2 aromatic rings. The van der Waals surface area contributed by atoms with Crippen molar-refractivity contribution in [3.63, 3.8) is 0 Å². The van der Waals surface area contributed by atoms with Gasteiger partial charge in [-0.3, -0.25) is 0 Å². The molecular weight excluding hydrogens is 238 g/mol. The van der Waals surface area contributed by atoms with Crippen molar-refractivity contribution in [2.24, 2.45) is 0 Å². The molecule has 0 saturated carbocycles. The zero-order valence-corrected chi connectivity index (χ0v) is 10.6. The molecule has 0 aliphatic rings. The van der Waals surface area contributed by atoms with Gasteiger partial charge in [0.2, 0.25) is 0 Å². The molecule has 0 spiro atoms. The monoisotopic (exact) mass is 251 g/mol. The lowest BCUT2D eigenvalue weighted by Crippen LogP contribution is -1.96. The van der Waals surface area contributed by atoms with Crippen LogP contribution >= 0.6 is 0 Å². The van der Waals surface area contributed by atoms with E-state index in [0.717, 1.165) is 24.4 Å². The molecule has 94 valence electrons. The summed E-state index contributed by atoms with van der Waals surface area (Å²) in [7, 11) is 0. The summed E-state index contributed by atoms with van der Waals surface area (Å²) in [5.41, 5.74) is 1.03. The van der Waals surface area contributed by atoms with E-state index in [4.69, 9.17) is 14.9 Å². The molecule has 4 heteroatoms. The third kappa shape index (κ3) is 2.75. The fourth-order valence-electron chi connectivity index (χ4n) is 1.87. The Morgan fingerprint density at radius 1 is 1.32 bits per heavy atom. The maximum absolute atomic E-state index is 8.71. The van der Waals surface area contributed by atoms with Crippen LogP contribution in [0.5, 0.6) is 0 Å². The van der Waals surface area contributed by atoms with E-state index in [1.165, 1.54) is 6.08 Å². The number of aromatic nitrogens is 1. The fourth-order valence-corrected chi connectivity index (χ4v) is 1.87. The number of hydrogen-bond donors (Lipinski definition) is 0. The van der Waals surface area contributed by atoms with Gasteiger partial charge in [0.05, 0.1) is 5.69 Å². The first-order valence-electron chi connectivity index (χ1n) is 6.05. The van der Waals surface area contributed by atoms with Crippen molar-refractivity contribution >= 4 is 6.08 Å². The second-order valence-corrected chi connectivity index (χ2v) is 4.07. The summed E-state index contributed by atoms with van der Waals surface area (Å²) in [4.78, 5) is 0. The van der Waals surface area contributed by atoms with Gasteiger partial charge in [0, 0.05) is 18.8 Å². The van der Waals surface area contributed by atoms with Crippen LogP contribution in [0.2, 0.25) is 0 Å². The van der Waals surface area contributed by atoms with Gasteiger partial charge in [0.15, 0.2) is 5.76 Å². The van der Waals surface area contributed by atoms with E-state index < -0.39 is 0 Å². The van der Waals surface area contributed by atoms with Crippen LogP contribution in [0.1, 0.15) is 19.1 Å². The van der Waals surface area contributed by atoms with Crippen LogP contribution in [0.4, 0.5) is 0 Å². The molecule has 0 N–H and O–H groups in total. The Morgan fingerprint density at radius 3 is 2.79 bits per heavy atom. The highest BCUT2D eigenvalue weighted by Crippen LogP contribution is 2.24. The third-order valence-corrected chi connectivity index (χ3v) is 2.70. The SMILES string of the molecule is CCCn1cccc1-c1ccc(C=C(C#N)C#N)o1. The van der Waals surface area contributed by atoms with Crippen LogP contribution in [0.15, 0.2) is 40.5 Å². The number of rotatable bonds is 4. The van der Waals surface area contributed by atoms with Gasteiger partial charge in [-0.15, -0.1) is 0 Å². The average molecular weight is 251 g/mol. The minimum atomic E-state index is 0.0323. The van der Waals surface area contributed by atoms with Crippen molar-refractivity contribution in [1.29, 1.82) is 10.5 Å². The van der Waals surface area contributed by atoms with Gasteiger partial charge < -0.3 is 8.98 Å². The Bertz CT molecular complexity index is 661. The summed E-state index contributed by atoms with van der Waals surface area (Å²) in [5, 5.41) is 17.4. The molecule has 0 aliphatic carbocycles. The Kier molecular flexibility index (Phi) is 3.85. The molecule has 2 aromatic heterocycles. The van der Waals surface area contributed by atoms with Crippen LogP contribution in [0.25, 0.3) is 17.5 Å². The zero-order valence-electron chi connectivity index (χ0n) is 10.6. The largest absolute Gasteiger partial charge is 0.455 e. The molecule has 2 heterocycles. The summed E-state index contributed by atoms with van der Waals surface area (Å²) in [6, 6.07) is 11.2. The first kappa shape index (κ1) is 12.7. The molecule has 2 rings (SSSR count). The molecule has 0 aliphatic heterocycles. The van der Waals surface area contributed by atoms with E-state index in [1.807, 2.05) is 36.5 Å². The molecule has 0 bridgehead atoms. The highest BCUT2D eigenvalue weighted by atomic mass is 16.3. The lowest BCUT2D eigenvalue weighted by Gasteiger charge is -2.04. The Hall–Kier alpha value is -2.72. The van der Waals surface area contributed by atoms with Crippen LogP contribution in [0, 0.1) is 22.7 Å². The summed E-state index contributed by atoms with van der Waals surface area (Å²) < 4.78 is 7.76. The summed E-state index contributed by atoms with van der Waals surface area (Å²) in [6.45, 7) is 3.04.